The highest BCUT2D eigenvalue weighted by molar-refractivity contribution is 8.93. The molecule has 3 rings (SSSR count). The first-order chi connectivity index (χ1) is 6.92. The van der Waals surface area contributed by atoms with Gasteiger partial charge in [-0.15, -0.1) is 17.0 Å². The number of benzene rings is 1. The summed E-state index contributed by atoms with van der Waals surface area (Å²) < 4.78 is 0. The summed E-state index contributed by atoms with van der Waals surface area (Å²) in [5.41, 5.74) is 2.61. The Balaban J connectivity index is 0.000000853. The molecule has 0 unspecified atom stereocenters. The maximum Gasteiger partial charge on any atom is 0.205 e. The van der Waals surface area contributed by atoms with E-state index < -0.39 is 0 Å². The topological polar surface area (TPSA) is 18.8 Å². The molecular formula is C11H14BrN3. The van der Waals surface area contributed by atoms with Crippen molar-refractivity contribution in [2.75, 3.05) is 29.4 Å². The van der Waals surface area contributed by atoms with Crippen molar-refractivity contribution in [3.63, 3.8) is 0 Å². The molecular weight excluding hydrogens is 254 g/mol. The number of fused-ring (bicyclic) bond motifs is 3. The third-order valence-corrected chi connectivity index (χ3v) is 2.84. The number of rotatable bonds is 1. The molecule has 0 spiro atoms. The van der Waals surface area contributed by atoms with Crippen LogP contribution in [0.15, 0.2) is 29.3 Å². The number of guanidine groups is 1. The van der Waals surface area contributed by atoms with Crippen LogP contribution in [0.3, 0.4) is 0 Å². The third-order valence-electron chi connectivity index (χ3n) is 2.84. The Morgan fingerprint density at radius 2 is 2.00 bits per heavy atom. The third kappa shape index (κ3) is 1.35. The fourth-order valence-electron chi connectivity index (χ4n) is 2.23. The van der Waals surface area contributed by atoms with E-state index in [4.69, 9.17) is 0 Å². The predicted octanol–water partition coefficient (Wildman–Crippen LogP) is 2.28. The van der Waals surface area contributed by atoms with Crippen molar-refractivity contribution in [2.45, 2.75) is 6.92 Å². The Bertz CT molecular complexity index is 403. The summed E-state index contributed by atoms with van der Waals surface area (Å²) in [6.45, 7) is 5.12. The Kier molecular flexibility index (Phi) is 2.69. The summed E-state index contributed by atoms with van der Waals surface area (Å²) >= 11 is 0. The molecule has 0 amide bonds. The highest BCUT2D eigenvalue weighted by Crippen LogP contribution is 2.37. The van der Waals surface area contributed by atoms with E-state index in [2.05, 4.69) is 46.0 Å². The second-order valence-electron chi connectivity index (χ2n) is 3.57. The van der Waals surface area contributed by atoms with Crippen LogP contribution in [0.1, 0.15) is 6.92 Å². The normalized spacial score (nSPS) is 17.0. The van der Waals surface area contributed by atoms with Crippen LogP contribution in [-0.2, 0) is 0 Å². The minimum atomic E-state index is 0. The standard InChI is InChI=1S/C11H13N3.BrH/c1-2-13-9-5-3-4-6-10(9)14-8-7-12-11(13)14;/h3-6H,2,7-8H2,1H3;1H. The Hall–Kier alpha value is -1.03. The number of halogens is 1. The van der Waals surface area contributed by atoms with E-state index in [1.54, 1.807) is 0 Å². The molecule has 2 heterocycles. The van der Waals surface area contributed by atoms with Gasteiger partial charge in [0.1, 0.15) is 0 Å². The van der Waals surface area contributed by atoms with Crippen molar-refractivity contribution < 1.29 is 0 Å². The lowest BCUT2D eigenvalue weighted by Gasteiger charge is -2.16. The minimum absolute atomic E-state index is 0. The maximum atomic E-state index is 4.53. The number of hydrogen-bond donors (Lipinski definition) is 0. The number of aliphatic imine (C=N–C) groups is 1. The van der Waals surface area contributed by atoms with Crippen molar-refractivity contribution in [1.29, 1.82) is 0 Å². The Labute approximate surface area is 100 Å². The average Bonchev–Trinajstić information content (AvgIpc) is 2.77. The van der Waals surface area contributed by atoms with Crippen LogP contribution in [0.5, 0.6) is 0 Å². The molecule has 1 aromatic carbocycles. The first kappa shape index (κ1) is 10.5. The van der Waals surface area contributed by atoms with E-state index in [0.717, 1.165) is 25.6 Å². The molecule has 0 atom stereocenters. The van der Waals surface area contributed by atoms with Gasteiger partial charge in [0, 0.05) is 13.1 Å². The maximum absolute atomic E-state index is 4.53. The van der Waals surface area contributed by atoms with Crippen molar-refractivity contribution in [3.8, 4) is 0 Å². The van der Waals surface area contributed by atoms with Crippen LogP contribution in [-0.4, -0.2) is 25.6 Å². The smallest absolute Gasteiger partial charge is 0.205 e. The number of nitrogens with zero attached hydrogens (tertiary/aromatic N) is 3. The Morgan fingerprint density at radius 1 is 1.27 bits per heavy atom. The Morgan fingerprint density at radius 3 is 2.73 bits per heavy atom. The summed E-state index contributed by atoms with van der Waals surface area (Å²) in [6.07, 6.45) is 0. The first-order valence-electron chi connectivity index (χ1n) is 5.10. The lowest BCUT2D eigenvalue weighted by molar-refractivity contribution is 1.03. The fraction of sp³-hybridized carbons (Fsp3) is 0.364. The summed E-state index contributed by atoms with van der Waals surface area (Å²) in [4.78, 5) is 9.12. The summed E-state index contributed by atoms with van der Waals surface area (Å²) in [6, 6.07) is 8.52. The van der Waals surface area contributed by atoms with Crippen LogP contribution in [0, 0.1) is 0 Å². The molecule has 0 fully saturated rings. The zero-order chi connectivity index (χ0) is 9.54. The fourth-order valence-corrected chi connectivity index (χ4v) is 2.23. The van der Waals surface area contributed by atoms with Gasteiger partial charge in [0.15, 0.2) is 0 Å². The molecule has 0 bridgehead atoms. The van der Waals surface area contributed by atoms with E-state index in [9.17, 15) is 0 Å². The van der Waals surface area contributed by atoms with Gasteiger partial charge in [-0.1, -0.05) is 12.1 Å². The molecule has 2 aliphatic rings. The van der Waals surface area contributed by atoms with Crippen LogP contribution < -0.4 is 9.80 Å². The van der Waals surface area contributed by atoms with Crippen LogP contribution in [0.25, 0.3) is 0 Å². The van der Waals surface area contributed by atoms with Crippen LogP contribution in [0.2, 0.25) is 0 Å². The SMILES string of the molecule is Br.CCN1C2=NCCN2c2ccccc21. The summed E-state index contributed by atoms with van der Waals surface area (Å²) in [5.74, 6) is 1.13. The minimum Gasteiger partial charge on any atom is -0.310 e. The van der Waals surface area contributed by atoms with E-state index in [1.807, 2.05) is 0 Å². The van der Waals surface area contributed by atoms with Crippen molar-refractivity contribution >= 4 is 34.3 Å². The molecule has 4 heteroatoms. The van der Waals surface area contributed by atoms with Gasteiger partial charge in [0.25, 0.3) is 0 Å². The molecule has 0 aromatic heterocycles. The monoisotopic (exact) mass is 267 g/mol. The first-order valence-corrected chi connectivity index (χ1v) is 5.10. The number of para-hydroxylation sites is 2. The van der Waals surface area contributed by atoms with Gasteiger partial charge in [-0.05, 0) is 19.1 Å². The van der Waals surface area contributed by atoms with Crippen LogP contribution >= 0.6 is 17.0 Å². The highest BCUT2D eigenvalue weighted by Gasteiger charge is 2.33. The van der Waals surface area contributed by atoms with Gasteiger partial charge in [0.05, 0.1) is 17.9 Å². The molecule has 1 aromatic rings. The largest absolute Gasteiger partial charge is 0.310 e. The average molecular weight is 268 g/mol. The van der Waals surface area contributed by atoms with Gasteiger partial charge in [-0.25, -0.2) is 0 Å². The lowest BCUT2D eigenvalue weighted by atomic mass is 10.2. The van der Waals surface area contributed by atoms with Crippen molar-refractivity contribution in [3.05, 3.63) is 24.3 Å². The van der Waals surface area contributed by atoms with Gasteiger partial charge >= 0.3 is 0 Å². The molecule has 0 saturated heterocycles. The van der Waals surface area contributed by atoms with Crippen molar-refractivity contribution in [1.82, 2.24) is 0 Å². The molecule has 0 N–H and O–H groups in total. The quantitative estimate of drug-likeness (QED) is 0.778. The van der Waals surface area contributed by atoms with Gasteiger partial charge in [-0.2, -0.15) is 0 Å². The number of hydrogen-bond acceptors (Lipinski definition) is 3. The summed E-state index contributed by atoms with van der Waals surface area (Å²) in [5, 5.41) is 0. The van der Waals surface area contributed by atoms with Crippen LogP contribution in [0.4, 0.5) is 11.4 Å². The van der Waals surface area contributed by atoms with Crippen molar-refractivity contribution in [2.24, 2.45) is 4.99 Å². The van der Waals surface area contributed by atoms with E-state index in [-0.39, 0.29) is 17.0 Å². The van der Waals surface area contributed by atoms with E-state index in [1.165, 1.54) is 11.4 Å². The molecule has 0 radical (unpaired) electrons. The molecule has 15 heavy (non-hydrogen) atoms. The zero-order valence-corrected chi connectivity index (χ0v) is 10.4. The van der Waals surface area contributed by atoms with Gasteiger partial charge < -0.3 is 9.80 Å². The molecule has 3 nitrogen and oxygen atoms in total. The second kappa shape index (κ2) is 3.85. The zero-order valence-electron chi connectivity index (χ0n) is 8.68. The van der Waals surface area contributed by atoms with E-state index >= 15 is 0 Å². The lowest BCUT2D eigenvalue weighted by Crippen LogP contribution is -2.35. The molecule has 0 aliphatic carbocycles. The van der Waals surface area contributed by atoms with Gasteiger partial charge in [-0.3, -0.25) is 4.99 Å². The molecule has 2 aliphatic heterocycles. The second-order valence-corrected chi connectivity index (χ2v) is 3.57. The van der Waals surface area contributed by atoms with E-state index in [0.29, 0.717) is 0 Å². The summed E-state index contributed by atoms with van der Waals surface area (Å²) in [7, 11) is 0. The molecule has 80 valence electrons. The molecule has 0 saturated carbocycles. The predicted molar refractivity (Wildman–Crippen MR) is 69.4 cm³/mol. The van der Waals surface area contributed by atoms with Gasteiger partial charge in [0.2, 0.25) is 5.96 Å². The number of anilines is 2. The highest BCUT2D eigenvalue weighted by atomic mass is 79.9.